The van der Waals surface area contributed by atoms with Crippen molar-refractivity contribution in [2.24, 2.45) is 5.14 Å². The third kappa shape index (κ3) is 1.99. The SMILES string of the molecule is Cc1ccc(Cl)c(S(N)(=O)=O)c1F. The summed E-state index contributed by atoms with van der Waals surface area (Å²) in [6.45, 7) is 1.43. The Hall–Kier alpha value is -0.650. The van der Waals surface area contributed by atoms with E-state index in [0.717, 1.165) is 0 Å². The molecule has 0 aliphatic carbocycles. The van der Waals surface area contributed by atoms with E-state index in [1.54, 1.807) is 0 Å². The van der Waals surface area contributed by atoms with Gasteiger partial charge in [0.2, 0.25) is 10.0 Å². The molecule has 0 heterocycles. The molecule has 6 heteroatoms. The molecule has 13 heavy (non-hydrogen) atoms. The highest BCUT2D eigenvalue weighted by molar-refractivity contribution is 7.89. The first-order valence-electron chi connectivity index (χ1n) is 3.31. The molecule has 0 bridgehead atoms. The fraction of sp³-hybridized carbons (Fsp3) is 0.143. The molecule has 0 fully saturated rings. The molecule has 0 aliphatic heterocycles. The summed E-state index contributed by atoms with van der Waals surface area (Å²) >= 11 is 5.49. The molecular formula is C7H7ClFNO2S. The average molecular weight is 224 g/mol. The zero-order valence-corrected chi connectivity index (χ0v) is 8.29. The number of hydrogen-bond acceptors (Lipinski definition) is 2. The van der Waals surface area contributed by atoms with Crippen molar-refractivity contribution >= 4 is 21.6 Å². The van der Waals surface area contributed by atoms with Gasteiger partial charge in [-0.2, -0.15) is 0 Å². The summed E-state index contributed by atoms with van der Waals surface area (Å²) in [4.78, 5) is -0.644. The van der Waals surface area contributed by atoms with Crippen LogP contribution in [0.25, 0.3) is 0 Å². The van der Waals surface area contributed by atoms with Gasteiger partial charge in [-0.25, -0.2) is 17.9 Å². The number of benzene rings is 1. The number of hydrogen-bond donors (Lipinski definition) is 1. The first-order chi connectivity index (χ1) is 5.84. The van der Waals surface area contributed by atoms with Crippen LogP contribution in [0.4, 0.5) is 4.39 Å². The summed E-state index contributed by atoms with van der Waals surface area (Å²) in [6.07, 6.45) is 0. The smallest absolute Gasteiger partial charge is 0.224 e. The van der Waals surface area contributed by atoms with E-state index in [2.05, 4.69) is 0 Å². The highest BCUT2D eigenvalue weighted by Gasteiger charge is 2.19. The van der Waals surface area contributed by atoms with Gasteiger partial charge in [0.05, 0.1) is 5.02 Å². The van der Waals surface area contributed by atoms with Gasteiger partial charge in [0.1, 0.15) is 10.7 Å². The number of rotatable bonds is 1. The molecule has 2 N–H and O–H groups in total. The third-order valence-electron chi connectivity index (χ3n) is 1.53. The van der Waals surface area contributed by atoms with Crippen molar-refractivity contribution < 1.29 is 12.8 Å². The van der Waals surface area contributed by atoms with Crippen molar-refractivity contribution in [3.63, 3.8) is 0 Å². The lowest BCUT2D eigenvalue weighted by atomic mass is 10.2. The van der Waals surface area contributed by atoms with E-state index in [-0.39, 0.29) is 10.6 Å². The van der Waals surface area contributed by atoms with Crippen molar-refractivity contribution in [2.75, 3.05) is 0 Å². The molecule has 0 radical (unpaired) electrons. The summed E-state index contributed by atoms with van der Waals surface area (Å²) in [7, 11) is -4.09. The summed E-state index contributed by atoms with van der Waals surface area (Å²) in [6, 6.07) is 2.67. The molecule has 0 saturated carbocycles. The van der Waals surface area contributed by atoms with Crippen molar-refractivity contribution in [2.45, 2.75) is 11.8 Å². The van der Waals surface area contributed by atoms with Gasteiger partial charge >= 0.3 is 0 Å². The number of aryl methyl sites for hydroxylation is 1. The van der Waals surface area contributed by atoms with Gasteiger partial charge in [0, 0.05) is 0 Å². The van der Waals surface area contributed by atoms with Crippen molar-refractivity contribution in [3.8, 4) is 0 Å². The maximum atomic E-state index is 13.2. The molecule has 1 rings (SSSR count). The Kier molecular flexibility index (Phi) is 2.61. The predicted molar refractivity (Wildman–Crippen MR) is 47.5 cm³/mol. The molecule has 0 saturated heterocycles. The van der Waals surface area contributed by atoms with Crippen LogP contribution >= 0.6 is 11.6 Å². The van der Waals surface area contributed by atoms with Gasteiger partial charge in [-0.05, 0) is 18.6 Å². The molecule has 0 amide bonds. The Morgan fingerprint density at radius 1 is 1.46 bits per heavy atom. The average Bonchev–Trinajstić information content (AvgIpc) is 1.95. The number of primary sulfonamides is 1. The van der Waals surface area contributed by atoms with Crippen LogP contribution < -0.4 is 5.14 Å². The molecular weight excluding hydrogens is 217 g/mol. The van der Waals surface area contributed by atoms with E-state index < -0.39 is 20.7 Å². The summed E-state index contributed by atoms with van der Waals surface area (Å²) in [5.41, 5.74) is 0.188. The Bertz CT molecular complexity index is 444. The molecule has 1 aromatic rings. The van der Waals surface area contributed by atoms with E-state index in [1.165, 1.54) is 19.1 Å². The van der Waals surface area contributed by atoms with Gasteiger partial charge in [-0.3, -0.25) is 0 Å². The Balaban J connectivity index is 3.62. The fourth-order valence-electron chi connectivity index (χ4n) is 0.892. The lowest BCUT2D eigenvalue weighted by molar-refractivity contribution is 0.563. The van der Waals surface area contributed by atoms with Crippen LogP contribution in [0.5, 0.6) is 0 Å². The van der Waals surface area contributed by atoms with Crippen molar-refractivity contribution in [1.29, 1.82) is 0 Å². The predicted octanol–water partition coefficient (Wildman–Crippen LogP) is 1.43. The highest BCUT2D eigenvalue weighted by atomic mass is 35.5. The van der Waals surface area contributed by atoms with Crippen LogP contribution in [0.15, 0.2) is 17.0 Å². The van der Waals surface area contributed by atoms with Crippen LogP contribution in [0.1, 0.15) is 5.56 Å². The topological polar surface area (TPSA) is 60.2 Å². The van der Waals surface area contributed by atoms with Gasteiger partial charge in [-0.15, -0.1) is 0 Å². The number of halogens is 2. The first-order valence-corrected chi connectivity index (χ1v) is 5.24. The number of nitrogens with two attached hydrogens (primary N) is 1. The molecule has 0 aromatic heterocycles. The minimum atomic E-state index is -4.09. The first kappa shape index (κ1) is 10.4. The van der Waals surface area contributed by atoms with E-state index in [0.29, 0.717) is 0 Å². The van der Waals surface area contributed by atoms with E-state index in [4.69, 9.17) is 16.7 Å². The second-order valence-electron chi connectivity index (χ2n) is 2.55. The molecule has 3 nitrogen and oxygen atoms in total. The summed E-state index contributed by atoms with van der Waals surface area (Å²) < 4.78 is 35.0. The van der Waals surface area contributed by atoms with Crippen LogP contribution in [0, 0.1) is 12.7 Å². The monoisotopic (exact) mass is 223 g/mol. The zero-order valence-electron chi connectivity index (χ0n) is 6.71. The van der Waals surface area contributed by atoms with Crippen LogP contribution in [0.2, 0.25) is 5.02 Å². The van der Waals surface area contributed by atoms with Crippen molar-refractivity contribution in [3.05, 3.63) is 28.5 Å². The minimum Gasteiger partial charge on any atom is -0.224 e. The van der Waals surface area contributed by atoms with Crippen molar-refractivity contribution in [1.82, 2.24) is 0 Å². The molecule has 72 valence electrons. The molecule has 1 aromatic carbocycles. The molecule has 0 unspecified atom stereocenters. The Morgan fingerprint density at radius 3 is 2.38 bits per heavy atom. The van der Waals surface area contributed by atoms with Gasteiger partial charge < -0.3 is 0 Å². The maximum absolute atomic E-state index is 13.2. The minimum absolute atomic E-state index is 0.188. The standard InChI is InChI=1S/C7H7ClFNO2S/c1-4-2-3-5(8)7(6(4)9)13(10,11)12/h2-3H,1H3,(H2,10,11,12). The van der Waals surface area contributed by atoms with Crippen LogP contribution in [0.3, 0.4) is 0 Å². The zero-order chi connectivity index (χ0) is 10.2. The second-order valence-corrected chi connectivity index (χ2v) is 4.46. The van der Waals surface area contributed by atoms with Gasteiger partial charge in [0.15, 0.2) is 0 Å². The van der Waals surface area contributed by atoms with E-state index in [1.807, 2.05) is 0 Å². The summed E-state index contributed by atoms with van der Waals surface area (Å²) in [5, 5.41) is 4.57. The second kappa shape index (κ2) is 3.25. The van der Waals surface area contributed by atoms with E-state index >= 15 is 0 Å². The molecule has 0 aliphatic rings. The molecule has 0 atom stereocenters. The maximum Gasteiger partial charge on any atom is 0.242 e. The third-order valence-corrected chi connectivity index (χ3v) is 2.92. The number of sulfonamides is 1. The van der Waals surface area contributed by atoms with Gasteiger partial charge in [-0.1, -0.05) is 17.7 Å². The normalized spacial score (nSPS) is 11.7. The lowest BCUT2D eigenvalue weighted by Crippen LogP contribution is -2.15. The highest BCUT2D eigenvalue weighted by Crippen LogP contribution is 2.25. The van der Waals surface area contributed by atoms with Crippen LogP contribution in [-0.2, 0) is 10.0 Å². The van der Waals surface area contributed by atoms with Crippen LogP contribution in [-0.4, -0.2) is 8.42 Å². The fourth-order valence-corrected chi connectivity index (χ4v) is 2.11. The summed E-state index contributed by atoms with van der Waals surface area (Å²) in [5.74, 6) is -0.894. The lowest BCUT2D eigenvalue weighted by Gasteiger charge is -2.04. The Morgan fingerprint density at radius 2 is 2.00 bits per heavy atom. The largest absolute Gasteiger partial charge is 0.242 e. The molecule has 0 spiro atoms. The quantitative estimate of drug-likeness (QED) is 0.783. The van der Waals surface area contributed by atoms with Gasteiger partial charge in [0.25, 0.3) is 0 Å². The Labute approximate surface area is 80.4 Å². The van der Waals surface area contributed by atoms with E-state index in [9.17, 15) is 12.8 Å².